The Morgan fingerprint density at radius 2 is 1.70 bits per heavy atom. The standard InChI is InChI=1S/C46H46F3N9O9/c47-46(48,49)67-30-5-1-4-27(22-30)23-38(61)57-17-12-29-24-28(8-9-34(29)57)32-25-56(42-40(32)41(50)53-26-54-42)16-3-14-52-36(59)13-18-65-20-21-66-19-15-51-33-7-2-6-31-39(33)45(64)58(44(31)63)35-10-11-37(60)55-43(35)62/h1-2,4-9,22,24-26,35,51H,3,10-21,23H2,(H,52,59)(H2,50,53,54)(H,55,60,62). The first-order valence-corrected chi connectivity index (χ1v) is 21.6. The zero-order chi connectivity index (χ0) is 47.2. The van der Waals surface area contributed by atoms with E-state index in [1.807, 2.05) is 29.0 Å². The van der Waals surface area contributed by atoms with Gasteiger partial charge in [-0.3, -0.25) is 39.0 Å². The summed E-state index contributed by atoms with van der Waals surface area (Å²) in [5, 5.41) is 8.88. The van der Waals surface area contributed by atoms with Crippen LogP contribution < -0.4 is 31.3 Å². The smallest absolute Gasteiger partial charge is 0.406 e. The van der Waals surface area contributed by atoms with Crippen molar-refractivity contribution in [1.82, 2.24) is 30.1 Å². The highest BCUT2D eigenvalue weighted by molar-refractivity contribution is 6.25. The number of carbonyl (C=O) groups is 6. The molecule has 18 nitrogen and oxygen atoms in total. The summed E-state index contributed by atoms with van der Waals surface area (Å²) in [6, 6.07) is 14.9. The molecule has 3 aliphatic rings. The van der Waals surface area contributed by atoms with E-state index >= 15 is 0 Å². The molecule has 0 radical (unpaired) electrons. The van der Waals surface area contributed by atoms with Crippen molar-refractivity contribution in [2.24, 2.45) is 0 Å². The Morgan fingerprint density at radius 3 is 2.51 bits per heavy atom. The lowest BCUT2D eigenvalue weighted by molar-refractivity contribution is -0.274. The second-order valence-corrected chi connectivity index (χ2v) is 16.0. The maximum atomic E-state index is 13.3. The number of anilines is 3. The van der Waals surface area contributed by atoms with Gasteiger partial charge in [0, 0.05) is 62.2 Å². The molecule has 0 aliphatic carbocycles. The van der Waals surface area contributed by atoms with Crippen LogP contribution in [0.25, 0.3) is 22.2 Å². The number of nitrogen functional groups attached to an aromatic ring is 1. The van der Waals surface area contributed by atoms with Gasteiger partial charge in [0.2, 0.25) is 23.6 Å². The van der Waals surface area contributed by atoms with Crippen LogP contribution in [0.1, 0.15) is 57.5 Å². The third kappa shape index (κ3) is 10.5. The van der Waals surface area contributed by atoms with Crippen LogP contribution in [0.3, 0.4) is 0 Å². The number of nitrogens with zero attached hydrogens (tertiary/aromatic N) is 5. The maximum Gasteiger partial charge on any atom is 0.573 e. The van der Waals surface area contributed by atoms with E-state index in [4.69, 9.17) is 15.2 Å². The van der Waals surface area contributed by atoms with Crippen LogP contribution in [0.4, 0.5) is 30.4 Å². The summed E-state index contributed by atoms with van der Waals surface area (Å²) in [6.07, 6.45) is -0.189. The lowest BCUT2D eigenvalue weighted by Gasteiger charge is -2.27. The number of hydrogen-bond donors (Lipinski definition) is 4. The molecule has 5 heterocycles. The molecular weight excluding hydrogens is 880 g/mol. The van der Waals surface area contributed by atoms with Gasteiger partial charge in [0.15, 0.2) is 0 Å². The molecule has 1 unspecified atom stereocenters. The van der Waals surface area contributed by atoms with Gasteiger partial charge in [-0.2, -0.15) is 0 Å². The van der Waals surface area contributed by atoms with Gasteiger partial charge in [-0.15, -0.1) is 13.2 Å². The van der Waals surface area contributed by atoms with E-state index in [2.05, 4.69) is 30.7 Å². The van der Waals surface area contributed by atoms with Gasteiger partial charge in [0.1, 0.15) is 29.6 Å². The highest BCUT2D eigenvalue weighted by Crippen LogP contribution is 2.38. The number of carbonyl (C=O) groups excluding carboxylic acids is 6. The number of piperidine rings is 1. The molecule has 0 spiro atoms. The number of hydrogen-bond acceptors (Lipinski definition) is 13. The van der Waals surface area contributed by atoms with Crippen molar-refractivity contribution in [3.05, 3.63) is 95.4 Å². The van der Waals surface area contributed by atoms with Gasteiger partial charge in [-0.05, 0) is 72.4 Å². The van der Waals surface area contributed by atoms with Gasteiger partial charge in [-0.1, -0.05) is 24.3 Å². The Labute approximate surface area is 380 Å². The minimum atomic E-state index is -4.84. The molecule has 1 fully saturated rings. The second-order valence-electron chi connectivity index (χ2n) is 16.0. The second kappa shape index (κ2) is 20.0. The number of nitrogens with one attached hydrogen (secondary N) is 3. The fourth-order valence-electron chi connectivity index (χ4n) is 8.46. The SMILES string of the molecule is Nc1ncnc2c1c(-c1ccc3c(c1)CCN3C(=O)Cc1cccc(OC(F)(F)F)c1)cn2CCCNC(=O)CCOCCOCCNc1cccc2c1C(=O)N(C1CCC(=O)NC1=O)C2=O. The number of rotatable bonds is 19. The highest BCUT2D eigenvalue weighted by atomic mass is 19.4. The number of halogens is 3. The number of fused-ring (bicyclic) bond motifs is 3. The molecule has 0 saturated carbocycles. The lowest BCUT2D eigenvalue weighted by Crippen LogP contribution is -2.54. The van der Waals surface area contributed by atoms with E-state index in [1.54, 1.807) is 23.1 Å². The van der Waals surface area contributed by atoms with E-state index in [9.17, 15) is 41.9 Å². The third-order valence-electron chi connectivity index (χ3n) is 11.5. The van der Waals surface area contributed by atoms with E-state index in [0.717, 1.165) is 27.3 Å². The quantitative estimate of drug-likeness (QED) is 0.0675. The molecular formula is C46H46F3N9O9. The first-order chi connectivity index (χ1) is 32.3. The van der Waals surface area contributed by atoms with Gasteiger partial charge >= 0.3 is 6.36 Å². The Kier molecular flexibility index (Phi) is 13.8. The molecule has 2 aromatic heterocycles. The molecule has 67 heavy (non-hydrogen) atoms. The van der Waals surface area contributed by atoms with Crippen molar-refractivity contribution < 1.29 is 56.1 Å². The summed E-state index contributed by atoms with van der Waals surface area (Å²) < 4.78 is 55.4. The third-order valence-corrected chi connectivity index (χ3v) is 11.5. The molecule has 6 amide bonds. The van der Waals surface area contributed by atoms with Crippen molar-refractivity contribution in [3.63, 3.8) is 0 Å². The molecule has 0 bridgehead atoms. The molecule has 3 aliphatic heterocycles. The van der Waals surface area contributed by atoms with Crippen molar-refractivity contribution in [2.75, 3.05) is 62.0 Å². The summed E-state index contributed by atoms with van der Waals surface area (Å²) in [5.74, 6) is -2.82. The van der Waals surface area contributed by atoms with Crippen LogP contribution in [-0.4, -0.2) is 113 Å². The zero-order valence-corrected chi connectivity index (χ0v) is 36.0. The largest absolute Gasteiger partial charge is 0.573 e. The number of imide groups is 2. The summed E-state index contributed by atoms with van der Waals surface area (Å²) in [5.41, 5.74) is 11.5. The first kappa shape index (κ1) is 46.2. The monoisotopic (exact) mass is 925 g/mol. The summed E-state index contributed by atoms with van der Waals surface area (Å²) in [7, 11) is 0. The minimum absolute atomic E-state index is 0.0330. The predicted molar refractivity (Wildman–Crippen MR) is 236 cm³/mol. The van der Waals surface area contributed by atoms with Crippen molar-refractivity contribution >= 4 is 63.7 Å². The Bertz CT molecular complexity index is 2740. The molecule has 1 saturated heterocycles. The number of aromatic nitrogens is 3. The average molecular weight is 926 g/mol. The van der Waals surface area contributed by atoms with Gasteiger partial charge in [0.05, 0.1) is 49.4 Å². The summed E-state index contributed by atoms with van der Waals surface area (Å²) in [6.45, 7) is 2.59. The van der Waals surface area contributed by atoms with Crippen LogP contribution in [-0.2, 0) is 48.0 Å². The molecule has 8 rings (SSSR count). The Morgan fingerprint density at radius 1 is 0.896 bits per heavy atom. The van der Waals surface area contributed by atoms with E-state index in [0.29, 0.717) is 67.1 Å². The topological polar surface area (TPSA) is 229 Å². The van der Waals surface area contributed by atoms with Crippen LogP contribution in [0, 0.1) is 0 Å². The van der Waals surface area contributed by atoms with Crippen LogP contribution in [0.15, 0.2) is 73.2 Å². The van der Waals surface area contributed by atoms with Gasteiger partial charge < -0.3 is 40.0 Å². The van der Waals surface area contributed by atoms with E-state index < -0.39 is 36.0 Å². The predicted octanol–water partition coefficient (Wildman–Crippen LogP) is 4.15. The highest BCUT2D eigenvalue weighted by Gasteiger charge is 2.45. The number of benzene rings is 3. The Balaban J connectivity index is 0.747. The minimum Gasteiger partial charge on any atom is -0.406 e. The van der Waals surface area contributed by atoms with Crippen LogP contribution in [0.2, 0.25) is 0 Å². The Hall–Kier alpha value is -7.39. The average Bonchev–Trinajstić information content (AvgIpc) is 3.96. The van der Waals surface area contributed by atoms with Crippen molar-refractivity contribution in [3.8, 4) is 16.9 Å². The van der Waals surface area contributed by atoms with Crippen molar-refractivity contribution in [1.29, 1.82) is 0 Å². The number of aryl methyl sites for hydroxylation is 1. The summed E-state index contributed by atoms with van der Waals surface area (Å²) in [4.78, 5) is 87.4. The van der Waals surface area contributed by atoms with Gasteiger partial charge in [-0.25, -0.2) is 9.97 Å². The van der Waals surface area contributed by atoms with Gasteiger partial charge in [0.25, 0.3) is 11.8 Å². The number of ether oxygens (including phenoxy) is 3. The molecule has 1 atom stereocenters. The molecule has 3 aromatic carbocycles. The van der Waals surface area contributed by atoms with E-state index in [-0.39, 0.29) is 80.8 Å². The van der Waals surface area contributed by atoms with Crippen LogP contribution >= 0.6 is 0 Å². The van der Waals surface area contributed by atoms with Crippen LogP contribution in [0.5, 0.6) is 5.75 Å². The number of nitrogens with two attached hydrogens (primary N) is 1. The number of amides is 6. The fraction of sp³-hybridized carbons (Fsp3) is 0.348. The maximum absolute atomic E-state index is 13.3. The molecule has 21 heteroatoms. The molecule has 5 N–H and O–H groups in total. The first-order valence-electron chi connectivity index (χ1n) is 21.6. The normalized spacial score (nSPS) is 15.8. The zero-order valence-electron chi connectivity index (χ0n) is 36.0. The van der Waals surface area contributed by atoms with E-state index in [1.165, 1.54) is 30.6 Å². The lowest BCUT2D eigenvalue weighted by atomic mass is 10.0. The summed E-state index contributed by atoms with van der Waals surface area (Å²) >= 11 is 0. The molecule has 5 aromatic rings. The fourth-order valence-corrected chi connectivity index (χ4v) is 8.46. The number of alkyl halides is 3. The van der Waals surface area contributed by atoms with Crippen molar-refractivity contribution in [2.45, 2.75) is 57.5 Å². The molecule has 350 valence electrons.